The minimum absolute atomic E-state index is 0.269. The average molecular weight is 397 g/mol. The first kappa shape index (κ1) is 18.2. The van der Waals surface area contributed by atoms with Gasteiger partial charge in [-0.1, -0.05) is 18.2 Å². The maximum absolute atomic E-state index is 13.4. The van der Waals surface area contributed by atoms with E-state index in [1.165, 1.54) is 12.1 Å². The molecule has 0 aliphatic rings. The van der Waals surface area contributed by atoms with Crippen molar-refractivity contribution in [2.45, 2.75) is 0 Å². The van der Waals surface area contributed by atoms with E-state index >= 15 is 0 Å². The minimum atomic E-state index is -0.269. The molecule has 0 radical (unpaired) electrons. The lowest BCUT2D eigenvalue weighted by Crippen LogP contribution is -1.85. The summed E-state index contributed by atoms with van der Waals surface area (Å²) < 4.78 is 20.8. The summed E-state index contributed by atoms with van der Waals surface area (Å²) in [5.41, 5.74) is 5.79. The Hall–Kier alpha value is -3.86. The van der Waals surface area contributed by atoms with Gasteiger partial charge in [-0.2, -0.15) is 0 Å². The van der Waals surface area contributed by atoms with Crippen LogP contribution in [0.5, 0.6) is 5.75 Å². The number of imidazole rings is 1. The second-order valence-corrected chi connectivity index (χ2v) is 7.22. The largest absolute Gasteiger partial charge is 0.497 e. The highest BCUT2D eigenvalue weighted by Gasteiger charge is 2.19. The molecule has 0 aliphatic carbocycles. The van der Waals surface area contributed by atoms with Gasteiger partial charge in [0.15, 0.2) is 0 Å². The number of fused-ring (bicyclic) bond motifs is 1. The number of hydrogen-bond donors (Lipinski definition) is 1. The van der Waals surface area contributed by atoms with Crippen LogP contribution in [0.3, 0.4) is 0 Å². The van der Waals surface area contributed by atoms with E-state index in [-0.39, 0.29) is 5.82 Å². The number of halogens is 1. The Kier molecular flexibility index (Phi) is 4.36. The van der Waals surface area contributed by atoms with Crippen LogP contribution in [0.2, 0.25) is 0 Å². The number of hydrogen-bond acceptors (Lipinski definition) is 2. The predicted molar refractivity (Wildman–Crippen MR) is 118 cm³/mol. The van der Waals surface area contributed by atoms with E-state index in [0.29, 0.717) is 5.82 Å². The zero-order valence-corrected chi connectivity index (χ0v) is 16.7. The third-order valence-corrected chi connectivity index (χ3v) is 5.35. The molecule has 5 heteroatoms. The van der Waals surface area contributed by atoms with E-state index in [2.05, 4.69) is 27.9 Å². The maximum atomic E-state index is 13.4. The molecule has 0 spiro atoms. The van der Waals surface area contributed by atoms with Crippen LogP contribution in [-0.2, 0) is 7.05 Å². The third-order valence-electron chi connectivity index (χ3n) is 5.35. The molecule has 0 atom stereocenters. The van der Waals surface area contributed by atoms with Crippen LogP contribution in [-0.4, -0.2) is 21.6 Å². The summed E-state index contributed by atoms with van der Waals surface area (Å²) in [6.45, 7) is 0. The van der Waals surface area contributed by atoms with Crippen molar-refractivity contribution in [1.29, 1.82) is 0 Å². The van der Waals surface area contributed by atoms with Gasteiger partial charge in [0.25, 0.3) is 0 Å². The molecule has 148 valence electrons. The van der Waals surface area contributed by atoms with Crippen LogP contribution in [0.15, 0.2) is 79.0 Å². The lowest BCUT2D eigenvalue weighted by Gasteiger charge is -2.04. The number of para-hydroxylation sites is 1. The van der Waals surface area contributed by atoms with E-state index in [4.69, 9.17) is 9.72 Å². The molecule has 30 heavy (non-hydrogen) atoms. The van der Waals surface area contributed by atoms with E-state index in [1.807, 2.05) is 43.4 Å². The van der Waals surface area contributed by atoms with Crippen molar-refractivity contribution in [2.75, 3.05) is 7.11 Å². The Morgan fingerprint density at radius 3 is 2.33 bits per heavy atom. The van der Waals surface area contributed by atoms with Gasteiger partial charge in [0.1, 0.15) is 17.4 Å². The second-order valence-electron chi connectivity index (χ2n) is 7.22. The summed E-state index contributed by atoms with van der Waals surface area (Å²) in [5, 5.41) is 1.14. The molecule has 4 nitrogen and oxygen atoms in total. The SMILES string of the molecule is COc1ccc(-c2nc(-c3ccc(F)cc3)[nH]c2-c2cn(C)c3ccccc23)cc1. The predicted octanol–water partition coefficient (Wildman–Crippen LogP) is 6.05. The fourth-order valence-corrected chi connectivity index (χ4v) is 3.81. The van der Waals surface area contributed by atoms with E-state index in [0.717, 1.165) is 44.7 Å². The molecule has 1 N–H and O–H groups in total. The first-order valence-electron chi connectivity index (χ1n) is 9.69. The van der Waals surface area contributed by atoms with Crippen LogP contribution in [0.25, 0.3) is 44.8 Å². The quantitative estimate of drug-likeness (QED) is 0.401. The molecule has 2 aromatic heterocycles. The Morgan fingerprint density at radius 2 is 1.60 bits per heavy atom. The summed E-state index contributed by atoms with van der Waals surface area (Å²) in [6.07, 6.45) is 2.11. The van der Waals surface area contributed by atoms with Gasteiger partial charge >= 0.3 is 0 Å². The number of aryl methyl sites for hydroxylation is 1. The summed E-state index contributed by atoms with van der Waals surface area (Å²) >= 11 is 0. The average Bonchev–Trinajstić information content (AvgIpc) is 3.36. The molecule has 0 saturated carbocycles. The summed E-state index contributed by atoms with van der Waals surface area (Å²) in [5.74, 6) is 1.22. The van der Waals surface area contributed by atoms with Crippen LogP contribution in [0.4, 0.5) is 4.39 Å². The van der Waals surface area contributed by atoms with Gasteiger partial charge < -0.3 is 14.3 Å². The van der Waals surface area contributed by atoms with Crippen molar-refractivity contribution in [1.82, 2.24) is 14.5 Å². The standard InChI is InChI=1S/C25H20FN3O/c1-29-15-21(20-5-3-4-6-22(20)29)24-23(16-9-13-19(30-2)14-10-16)27-25(28-24)17-7-11-18(26)12-8-17/h3-15H,1-2H3,(H,27,28). The Labute approximate surface area is 173 Å². The monoisotopic (exact) mass is 397 g/mol. The highest BCUT2D eigenvalue weighted by molar-refractivity contribution is 5.98. The first-order chi connectivity index (χ1) is 14.6. The molecular weight excluding hydrogens is 377 g/mol. The number of nitrogens with zero attached hydrogens (tertiary/aromatic N) is 2. The van der Waals surface area contributed by atoms with Crippen molar-refractivity contribution in [2.24, 2.45) is 7.05 Å². The summed E-state index contributed by atoms with van der Waals surface area (Å²) in [4.78, 5) is 8.39. The Balaban J connectivity index is 1.74. The molecule has 3 aromatic carbocycles. The van der Waals surface area contributed by atoms with Crippen LogP contribution >= 0.6 is 0 Å². The van der Waals surface area contributed by atoms with Gasteiger partial charge in [-0.05, 0) is 54.6 Å². The lowest BCUT2D eigenvalue weighted by atomic mass is 10.0. The smallest absolute Gasteiger partial charge is 0.138 e. The Morgan fingerprint density at radius 1 is 0.900 bits per heavy atom. The Bertz CT molecular complexity index is 1330. The number of aromatic nitrogens is 3. The number of H-pyrrole nitrogens is 1. The fourth-order valence-electron chi connectivity index (χ4n) is 3.81. The first-order valence-corrected chi connectivity index (χ1v) is 9.69. The molecule has 0 bridgehead atoms. The van der Waals surface area contributed by atoms with E-state index in [1.54, 1.807) is 19.2 Å². The van der Waals surface area contributed by atoms with Crippen molar-refractivity contribution in [3.63, 3.8) is 0 Å². The maximum Gasteiger partial charge on any atom is 0.138 e. The second kappa shape index (κ2) is 7.19. The van der Waals surface area contributed by atoms with Crippen molar-refractivity contribution < 1.29 is 9.13 Å². The molecule has 0 aliphatic heterocycles. The van der Waals surface area contributed by atoms with Gasteiger partial charge in [0, 0.05) is 40.8 Å². The van der Waals surface area contributed by atoms with Crippen LogP contribution in [0.1, 0.15) is 0 Å². The van der Waals surface area contributed by atoms with E-state index < -0.39 is 0 Å². The van der Waals surface area contributed by atoms with Crippen LogP contribution < -0.4 is 4.74 Å². The third kappa shape index (κ3) is 3.05. The van der Waals surface area contributed by atoms with Gasteiger partial charge in [0.05, 0.1) is 18.5 Å². The van der Waals surface area contributed by atoms with Crippen molar-refractivity contribution in [3.8, 4) is 39.7 Å². The molecular formula is C25H20FN3O. The van der Waals surface area contributed by atoms with Crippen molar-refractivity contribution >= 4 is 10.9 Å². The fraction of sp³-hybridized carbons (Fsp3) is 0.0800. The molecule has 0 fully saturated rings. The molecule has 0 saturated heterocycles. The molecule has 2 heterocycles. The van der Waals surface area contributed by atoms with Crippen LogP contribution in [0, 0.1) is 5.82 Å². The van der Waals surface area contributed by atoms with E-state index in [9.17, 15) is 4.39 Å². The van der Waals surface area contributed by atoms with Gasteiger partial charge in [-0.3, -0.25) is 0 Å². The highest BCUT2D eigenvalue weighted by Crippen LogP contribution is 2.37. The van der Waals surface area contributed by atoms with Crippen molar-refractivity contribution in [3.05, 3.63) is 84.8 Å². The molecule has 0 unspecified atom stereocenters. The molecule has 5 rings (SSSR count). The van der Waals surface area contributed by atoms with Gasteiger partial charge in [-0.15, -0.1) is 0 Å². The molecule has 5 aromatic rings. The highest BCUT2D eigenvalue weighted by atomic mass is 19.1. The number of ether oxygens (including phenoxy) is 1. The zero-order chi connectivity index (χ0) is 20.7. The number of rotatable bonds is 4. The van der Waals surface area contributed by atoms with Gasteiger partial charge in [-0.25, -0.2) is 9.37 Å². The number of aromatic amines is 1. The molecule has 0 amide bonds. The van der Waals surface area contributed by atoms with Gasteiger partial charge in [0.2, 0.25) is 0 Å². The topological polar surface area (TPSA) is 42.8 Å². The summed E-state index contributed by atoms with van der Waals surface area (Å²) in [6, 6.07) is 22.5. The lowest BCUT2D eigenvalue weighted by molar-refractivity contribution is 0.415. The number of methoxy groups -OCH3 is 1. The number of nitrogens with one attached hydrogen (secondary N) is 1. The normalized spacial score (nSPS) is 11.2. The summed E-state index contributed by atoms with van der Waals surface area (Å²) in [7, 11) is 3.69. The number of benzene rings is 3. The zero-order valence-electron chi connectivity index (χ0n) is 16.7. The minimum Gasteiger partial charge on any atom is -0.497 e.